The SMILES string of the molecule is CCCC(O)CNC(=O)CSc1nccn1C(C)(C)C. The summed E-state index contributed by atoms with van der Waals surface area (Å²) in [5, 5.41) is 13.1. The molecule has 114 valence electrons. The maximum absolute atomic E-state index is 11.7. The molecule has 0 aliphatic heterocycles. The van der Waals surface area contributed by atoms with Crippen molar-refractivity contribution in [3.05, 3.63) is 12.4 Å². The predicted octanol–water partition coefficient (Wildman–Crippen LogP) is 2.01. The molecule has 20 heavy (non-hydrogen) atoms. The highest BCUT2D eigenvalue weighted by Gasteiger charge is 2.17. The number of nitrogens with zero attached hydrogens (tertiary/aromatic N) is 2. The van der Waals surface area contributed by atoms with Gasteiger partial charge in [0.25, 0.3) is 0 Å². The number of aromatic nitrogens is 2. The Morgan fingerprint density at radius 3 is 2.85 bits per heavy atom. The minimum Gasteiger partial charge on any atom is -0.391 e. The molecule has 1 amide bonds. The first-order valence-electron chi connectivity index (χ1n) is 6.96. The Kier molecular flexibility index (Phi) is 6.55. The van der Waals surface area contributed by atoms with Gasteiger partial charge in [0, 0.05) is 24.5 Å². The average molecular weight is 299 g/mol. The van der Waals surface area contributed by atoms with Gasteiger partial charge in [0.2, 0.25) is 5.91 Å². The number of rotatable bonds is 7. The van der Waals surface area contributed by atoms with Crippen molar-refractivity contribution in [2.45, 2.75) is 57.3 Å². The second-order valence-electron chi connectivity index (χ2n) is 5.79. The van der Waals surface area contributed by atoms with Crippen molar-refractivity contribution in [1.82, 2.24) is 14.9 Å². The molecule has 0 aliphatic rings. The zero-order valence-electron chi connectivity index (χ0n) is 12.7. The molecule has 0 saturated heterocycles. The molecule has 1 aromatic heterocycles. The highest BCUT2D eigenvalue weighted by molar-refractivity contribution is 7.99. The van der Waals surface area contributed by atoms with Crippen LogP contribution in [0.25, 0.3) is 0 Å². The number of amides is 1. The number of imidazole rings is 1. The summed E-state index contributed by atoms with van der Waals surface area (Å²) in [5.41, 5.74) is -0.0490. The van der Waals surface area contributed by atoms with Crippen molar-refractivity contribution in [2.24, 2.45) is 0 Å². The Morgan fingerprint density at radius 2 is 2.25 bits per heavy atom. The molecule has 1 atom stereocenters. The molecule has 0 spiro atoms. The average Bonchev–Trinajstić information content (AvgIpc) is 2.82. The fraction of sp³-hybridized carbons (Fsp3) is 0.714. The fourth-order valence-electron chi connectivity index (χ4n) is 1.76. The maximum atomic E-state index is 11.7. The van der Waals surface area contributed by atoms with Crippen molar-refractivity contribution >= 4 is 17.7 Å². The molecule has 0 bridgehead atoms. The van der Waals surface area contributed by atoms with Crippen molar-refractivity contribution in [2.75, 3.05) is 12.3 Å². The molecular formula is C14H25N3O2S. The van der Waals surface area contributed by atoms with Gasteiger partial charge >= 0.3 is 0 Å². The molecule has 0 fully saturated rings. The summed E-state index contributed by atoms with van der Waals surface area (Å²) >= 11 is 1.41. The van der Waals surface area contributed by atoms with Crippen LogP contribution >= 0.6 is 11.8 Å². The summed E-state index contributed by atoms with van der Waals surface area (Å²) < 4.78 is 2.05. The Labute approximate surface area is 125 Å². The molecule has 1 unspecified atom stereocenters. The quantitative estimate of drug-likeness (QED) is 0.756. The molecule has 1 heterocycles. The van der Waals surface area contributed by atoms with Crippen LogP contribution in [0.1, 0.15) is 40.5 Å². The molecule has 5 nitrogen and oxygen atoms in total. The van der Waals surface area contributed by atoms with Crippen LogP contribution in [-0.2, 0) is 10.3 Å². The third-order valence-electron chi connectivity index (χ3n) is 2.82. The number of thioether (sulfide) groups is 1. The molecule has 0 aromatic carbocycles. The summed E-state index contributed by atoms with van der Waals surface area (Å²) in [7, 11) is 0. The number of hydrogen-bond donors (Lipinski definition) is 2. The van der Waals surface area contributed by atoms with E-state index in [1.54, 1.807) is 6.20 Å². The van der Waals surface area contributed by atoms with Crippen LogP contribution in [0.3, 0.4) is 0 Å². The largest absolute Gasteiger partial charge is 0.391 e. The van der Waals surface area contributed by atoms with Crippen LogP contribution in [0, 0.1) is 0 Å². The lowest BCUT2D eigenvalue weighted by Gasteiger charge is -2.22. The van der Waals surface area contributed by atoms with E-state index in [-0.39, 0.29) is 11.4 Å². The van der Waals surface area contributed by atoms with Gasteiger partial charge in [-0.3, -0.25) is 4.79 Å². The van der Waals surface area contributed by atoms with E-state index in [0.717, 1.165) is 11.6 Å². The molecule has 6 heteroatoms. The predicted molar refractivity (Wildman–Crippen MR) is 81.9 cm³/mol. The van der Waals surface area contributed by atoms with E-state index in [2.05, 4.69) is 35.6 Å². The summed E-state index contributed by atoms with van der Waals surface area (Å²) in [6.45, 7) is 8.62. The third-order valence-corrected chi connectivity index (χ3v) is 3.79. The van der Waals surface area contributed by atoms with E-state index in [4.69, 9.17) is 0 Å². The smallest absolute Gasteiger partial charge is 0.230 e. The second-order valence-corrected chi connectivity index (χ2v) is 6.73. The van der Waals surface area contributed by atoms with E-state index in [1.165, 1.54) is 11.8 Å². The Morgan fingerprint density at radius 1 is 1.55 bits per heavy atom. The van der Waals surface area contributed by atoms with Gasteiger partial charge in [-0.25, -0.2) is 4.98 Å². The molecule has 2 N–H and O–H groups in total. The van der Waals surface area contributed by atoms with Crippen molar-refractivity contribution in [3.63, 3.8) is 0 Å². The lowest BCUT2D eigenvalue weighted by Crippen LogP contribution is -2.33. The van der Waals surface area contributed by atoms with Gasteiger partial charge in [-0.2, -0.15) is 0 Å². The molecule has 1 rings (SSSR count). The summed E-state index contributed by atoms with van der Waals surface area (Å²) in [4.78, 5) is 16.0. The first-order chi connectivity index (χ1) is 9.34. The first-order valence-corrected chi connectivity index (χ1v) is 7.94. The minimum absolute atomic E-state index is 0.0490. The van der Waals surface area contributed by atoms with E-state index in [0.29, 0.717) is 18.7 Å². The van der Waals surface area contributed by atoms with E-state index in [9.17, 15) is 9.90 Å². The van der Waals surface area contributed by atoms with Crippen molar-refractivity contribution in [1.29, 1.82) is 0 Å². The molecule has 0 saturated carbocycles. The number of aliphatic hydroxyl groups excluding tert-OH is 1. The van der Waals surface area contributed by atoms with Gasteiger partial charge in [0.15, 0.2) is 5.16 Å². The monoisotopic (exact) mass is 299 g/mol. The molecule has 1 aromatic rings. The number of aliphatic hydroxyl groups is 1. The Bertz CT molecular complexity index is 426. The minimum atomic E-state index is -0.453. The lowest BCUT2D eigenvalue weighted by atomic mass is 10.1. The standard InChI is InChI=1S/C14H25N3O2S/c1-5-6-11(18)9-16-12(19)10-20-13-15-7-8-17(13)14(2,3)4/h7-8,11,18H,5-6,9-10H2,1-4H3,(H,16,19). The normalized spacial score (nSPS) is 13.2. The summed E-state index contributed by atoms with van der Waals surface area (Å²) in [6.07, 6.45) is 4.84. The number of carbonyl (C=O) groups excluding carboxylic acids is 1. The van der Waals surface area contributed by atoms with Gasteiger partial charge in [-0.15, -0.1) is 0 Å². The van der Waals surface area contributed by atoms with Crippen molar-refractivity contribution in [3.8, 4) is 0 Å². The van der Waals surface area contributed by atoms with Crippen LogP contribution in [0.2, 0.25) is 0 Å². The zero-order valence-corrected chi connectivity index (χ0v) is 13.5. The van der Waals surface area contributed by atoms with E-state index >= 15 is 0 Å². The molecular weight excluding hydrogens is 274 g/mol. The Balaban J connectivity index is 2.40. The number of hydrogen-bond acceptors (Lipinski definition) is 4. The van der Waals surface area contributed by atoms with Crippen molar-refractivity contribution < 1.29 is 9.90 Å². The topological polar surface area (TPSA) is 67.2 Å². The number of nitrogens with one attached hydrogen (secondary N) is 1. The summed E-state index contributed by atoms with van der Waals surface area (Å²) in [5.74, 6) is 0.236. The van der Waals surface area contributed by atoms with Crippen LogP contribution < -0.4 is 5.32 Å². The highest BCUT2D eigenvalue weighted by atomic mass is 32.2. The first kappa shape index (κ1) is 17.0. The Hall–Kier alpha value is -1.01. The van der Waals surface area contributed by atoms with Crippen LogP contribution in [-0.4, -0.2) is 39.0 Å². The third kappa shape index (κ3) is 5.54. The van der Waals surface area contributed by atoms with Crippen LogP contribution in [0.5, 0.6) is 0 Å². The van der Waals surface area contributed by atoms with Gasteiger partial charge in [0.1, 0.15) is 0 Å². The van der Waals surface area contributed by atoms with Gasteiger partial charge in [0.05, 0.1) is 11.9 Å². The van der Waals surface area contributed by atoms with Crippen LogP contribution in [0.4, 0.5) is 0 Å². The molecule has 0 radical (unpaired) electrons. The maximum Gasteiger partial charge on any atom is 0.230 e. The zero-order chi connectivity index (χ0) is 15.2. The van der Waals surface area contributed by atoms with Gasteiger partial charge in [-0.1, -0.05) is 25.1 Å². The second kappa shape index (κ2) is 7.69. The van der Waals surface area contributed by atoms with E-state index in [1.807, 2.05) is 13.1 Å². The summed E-state index contributed by atoms with van der Waals surface area (Å²) in [6, 6.07) is 0. The number of carbonyl (C=O) groups is 1. The van der Waals surface area contributed by atoms with Gasteiger partial charge in [-0.05, 0) is 27.2 Å². The highest BCUT2D eigenvalue weighted by Crippen LogP contribution is 2.23. The van der Waals surface area contributed by atoms with E-state index < -0.39 is 6.10 Å². The van der Waals surface area contributed by atoms with Gasteiger partial charge < -0.3 is 15.0 Å². The van der Waals surface area contributed by atoms with Crippen LogP contribution in [0.15, 0.2) is 17.6 Å². The molecule has 0 aliphatic carbocycles. The lowest BCUT2D eigenvalue weighted by molar-refractivity contribution is -0.119. The fourth-order valence-corrected chi connectivity index (χ4v) is 2.73.